The van der Waals surface area contributed by atoms with Crippen LogP contribution in [0.5, 0.6) is 0 Å². The van der Waals surface area contributed by atoms with Gasteiger partial charge in [0.25, 0.3) is 0 Å². The van der Waals surface area contributed by atoms with Crippen LogP contribution < -0.4 is 5.73 Å². The molecule has 2 nitrogen and oxygen atoms in total. The van der Waals surface area contributed by atoms with E-state index in [1.807, 2.05) is 11.8 Å². The smallest absolute Gasteiger partial charge is 0.0202 e. The predicted octanol–water partition coefficient (Wildman–Crippen LogP) is 1.31. The molecule has 0 aliphatic carbocycles. The largest absolute Gasteiger partial charge is 0.362 e. The van der Waals surface area contributed by atoms with Gasteiger partial charge in [-0.05, 0) is 36.8 Å². The van der Waals surface area contributed by atoms with Gasteiger partial charge in [-0.2, -0.15) is 11.8 Å². The van der Waals surface area contributed by atoms with Crippen LogP contribution in [0.15, 0.2) is 6.07 Å². The molecule has 0 amide bonds. The first-order chi connectivity index (χ1) is 5.90. The third kappa shape index (κ3) is 1.52. The van der Waals surface area contributed by atoms with Crippen molar-refractivity contribution in [2.24, 2.45) is 5.73 Å². The number of H-pyrrole nitrogens is 1. The summed E-state index contributed by atoms with van der Waals surface area (Å²) in [6, 6.07) is 2.27. The van der Waals surface area contributed by atoms with Gasteiger partial charge in [0.1, 0.15) is 0 Å². The minimum atomic E-state index is 0.743. The summed E-state index contributed by atoms with van der Waals surface area (Å²) in [7, 11) is 0. The van der Waals surface area contributed by atoms with Gasteiger partial charge in [0.2, 0.25) is 0 Å². The van der Waals surface area contributed by atoms with E-state index >= 15 is 0 Å². The monoisotopic (exact) mass is 182 g/mol. The topological polar surface area (TPSA) is 41.8 Å². The Balaban J connectivity index is 2.20. The first-order valence-corrected chi connectivity index (χ1v) is 5.53. The lowest BCUT2D eigenvalue weighted by molar-refractivity contribution is 0.916. The lowest BCUT2D eigenvalue weighted by Crippen LogP contribution is -2.03. The van der Waals surface area contributed by atoms with Crippen LogP contribution in [0.3, 0.4) is 0 Å². The molecule has 12 heavy (non-hydrogen) atoms. The predicted molar refractivity (Wildman–Crippen MR) is 53.4 cm³/mol. The van der Waals surface area contributed by atoms with E-state index in [1.165, 1.54) is 34.9 Å². The molecule has 0 unspecified atom stereocenters. The van der Waals surface area contributed by atoms with Crippen molar-refractivity contribution in [2.45, 2.75) is 18.6 Å². The van der Waals surface area contributed by atoms with Gasteiger partial charge in [-0.1, -0.05) is 0 Å². The van der Waals surface area contributed by atoms with Crippen molar-refractivity contribution in [3.05, 3.63) is 23.0 Å². The van der Waals surface area contributed by atoms with Gasteiger partial charge in [-0.15, -0.1) is 0 Å². The van der Waals surface area contributed by atoms with Gasteiger partial charge in [-0.25, -0.2) is 0 Å². The summed E-state index contributed by atoms with van der Waals surface area (Å²) < 4.78 is 0. The van der Waals surface area contributed by atoms with Gasteiger partial charge >= 0.3 is 0 Å². The van der Waals surface area contributed by atoms with Crippen LogP contribution in [0, 0.1) is 0 Å². The Bertz CT molecular complexity index is 244. The van der Waals surface area contributed by atoms with Crippen molar-refractivity contribution in [3.63, 3.8) is 0 Å². The molecule has 1 aromatic rings. The fraction of sp³-hybridized carbons (Fsp3) is 0.556. The van der Waals surface area contributed by atoms with E-state index in [2.05, 4.69) is 11.1 Å². The molecule has 3 N–H and O–H groups in total. The molecule has 2 heterocycles. The molecule has 0 saturated heterocycles. The van der Waals surface area contributed by atoms with E-state index in [4.69, 9.17) is 5.73 Å². The summed E-state index contributed by atoms with van der Waals surface area (Å²) in [5, 5.41) is 0. The minimum absolute atomic E-state index is 0.743. The number of hydrogen-bond acceptors (Lipinski definition) is 2. The molecule has 0 saturated carbocycles. The third-order valence-electron chi connectivity index (χ3n) is 2.22. The highest BCUT2D eigenvalue weighted by Gasteiger charge is 2.11. The molecule has 66 valence electrons. The van der Waals surface area contributed by atoms with Crippen LogP contribution in [0.1, 0.15) is 17.0 Å². The first-order valence-electron chi connectivity index (χ1n) is 4.37. The Labute approximate surface area is 76.9 Å². The molecular weight excluding hydrogens is 168 g/mol. The van der Waals surface area contributed by atoms with Crippen molar-refractivity contribution in [1.82, 2.24) is 4.98 Å². The number of nitrogens with one attached hydrogen (secondary N) is 1. The highest BCUT2D eigenvalue weighted by atomic mass is 32.2. The lowest BCUT2D eigenvalue weighted by Gasteiger charge is -2.08. The third-order valence-corrected chi connectivity index (χ3v) is 3.22. The minimum Gasteiger partial charge on any atom is -0.362 e. The Morgan fingerprint density at radius 1 is 1.58 bits per heavy atom. The second kappa shape index (κ2) is 3.54. The Kier molecular flexibility index (Phi) is 2.42. The number of hydrogen-bond donors (Lipinski definition) is 2. The van der Waals surface area contributed by atoms with Gasteiger partial charge in [-0.3, -0.25) is 0 Å². The Morgan fingerprint density at radius 3 is 3.25 bits per heavy atom. The molecule has 1 aliphatic rings. The van der Waals surface area contributed by atoms with Gasteiger partial charge < -0.3 is 10.7 Å². The van der Waals surface area contributed by atoms with E-state index in [-0.39, 0.29) is 0 Å². The maximum absolute atomic E-state index is 5.49. The van der Waals surface area contributed by atoms with Crippen molar-refractivity contribution >= 4 is 11.8 Å². The average Bonchev–Trinajstić information content (AvgIpc) is 2.47. The van der Waals surface area contributed by atoms with E-state index in [0.29, 0.717) is 0 Å². The normalized spacial score (nSPS) is 16.1. The van der Waals surface area contributed by atoms with Crippen LogP contribution in [-0.4, -0.2) is 17.3 Å². The standard InChI is InChI=1S/C9H14N2S/c10-3-1-8-5-7-6-12-4-2-9(7)11-8/h5,11H,1-4,6,10H2. The molecule has 0 spiro atoms. The van der Waals surface area contributed by atoms with Gasteiger partial charge in [0.05, 0.1) is 0 Å². The fourth-order valence-electron chi connectivity index (χ4n) is 1.61. The maximum Gasteiger partial charge on any atom is 0.0202 e. The van der Waals surface area contributed by atoms with Crippen molar-refractivity contribution in [1.29, 1.82) is 0 Å². The van der Waals surface area contributed by atoms with E-state index in [1.54, 1.807) is 0 Å². The number of rotatable bonds is 2. The number of aromatic amines is 1. The molecule has 1 aliphatic heterocycles. The number of nitrogens with two attached hydrogens (primary N) is 1. The van der Waals surface area contributed by atoms with Crippen molar-refractivity contribution in [3.8, 4) is 0 Å². The maximum atomic E-state index is 5.49. The van der Waals surface area contributed by atoms with E-state index in [0.717, 1.165) is 13.0 Å². The zero-order valence-corrected chi connectivity index (χ0v) is 7.91. The van der Waals surface area contributed by atoms with E-state index < -0.39 is 0 Å². The number of aryl methyl sites for hydroxylation is 1. The lowest BCUT2D eigenvalue weighted by atomic mass is 10.2. The molecule has 1 aromatic heterocycles. The van der Waals surface area contributed by atoms with E-state index in [9.17, 15) is 0 Å². The zero-order chi connectivity index (χ0) is 8.39. The molecule has 0 aromatic carbocycles. The van der Waals surface area contributed by atoms with Crippen molar-refractivity contribution < 1.29 is 0 Å². The quantitative estimate of drug-likeness (QED) is 0.724. The average molecular weight is 182 g/mol. The van der Waals surface area contributed by atoms with Crippen LogP contribution in [0.2, 0.25) is 0 Å². The Hall–Kier alpha value is -0.410. The fourth-order valence-corrected chi connectivity index (χ4v) is 2.58. The summed E-state index contributed by atoms with van der Waals surface area (Å²) in [5.74, 6) is 2.44. The summed E-state index contributed by atoms with van der Waals surface area (Å²) in [5.41, 5.74) is 9.74. The molecule has 0 atom stereocenters. The molecular formula is C9H14N2S. The number of aromatic nitrogens is 1. The van der Waals surface area contributed by atoms with Crippen LogP contribution in [-0.2, 0) is 18.6 Å². The SMILES string of the molecule is NCCc1cc2c([nH]1)CCSC2. The highest BCUT2D eigenvalue weighted by molar-refractivity contribution is 7.98. The molecule has 2 rings (SSSR count). The molecule has 0 radical (unpaired) electrons. The number of thioether (sulfide) groups is 1. The second-order valence-corrected chi connectivity index (χ2v) is 4.24. The summed E-state index contributed by atoms with van der Waals surface area (Å²) in [6.07, 6.45) is 2.18. The molecule has 3 heteroatoms. The second-order valence-electron chi connectivity index (χ2n) is 3.14. The zero-order valence-electron chi connectivity index (χ0n) is 7.10. The highest BCUT2D eigenvalue weighted by Crippen LogP contribution is 2.24. The Morgan fingerprint density at radius 2 is 2.50 bits per heavy atom. The van der Waals surface area contributed by atoms with Crippen molar-refractivity contribution in [2.75, 3.05) is 12.3 Å². The summed E-state index contributed by atoms with van der Waals surface area (Å²) in [4.78, 5) is 3.44. The van der Waals surface area contributed by atoms with Crippen LogP contribution in [0.4, 0.5) is 0 Å². The first kappa shape index (κ1) is 8.20. The van der Waals surface area contributed by atoms with Crippen LogP contribution >= 0.6 is 11.8 Å². The molecule has 0 bridgehead atoms. The molecule has 0 fully saturated rings. The number of fused-ring (bicyclic) bond motifs is 1. The van der Waals surface area contributed by atoms with Gasteiger partial charge in [0, 0.05) is 17.1 Å². The van der Waals surface area contributed by atoms with Crippen LogP contribution in [0.25, 0.3) is 0 Å². The van der Waals surface area contributed by atoms with Gasteiger partial charge in [0.15, 0.2) is 0 Å². The summed E-state index contributed by atoms with van der Waals surface area (Å²) >= 11 is 2.02. The summed E-state index contributed by atoms with van der Waals surface area (Å²) in [6.45, 7) is 0.743.